The van der Waals surface area contributed by atoms with Crippen LogP contribution in [-0.4, -0.2) is 79.8 Å². The lowest BCUT2D eigenvalue weighted by Gasteiger charge is -2.45. The van der Waals surface area contributed by atoms with E-state index in [1.807, 2.05) is 12.1 Å². The van der Waals surface area contributed by atoms with Crippen molar-refractivity contribution in [1.29, 1.82) is 0 Å². The summed E-state index contributed by atoms with van der Waals surface area (Å²) in [5.74, 6) is -1.14. The maximum atomic E-state index is 13.5. The molecule has 2 fully saturated rings. The summed E-state index contributed by atoms with van der Waals surface area (Å²) in [4.78, 5) is 31.7. The van der Waals surface area contributed by atoms with Gasteiger partial charge in [0.25, 0.3) is 5.91 Å². The molecule has 11 heteroatoms. The van der Waals surface area contributed by atoms with Gasteiger partial charge in [-0.2, -0.15) is 0 Å². The molecular weight excluding hydrogens is 484 g/mol. The number of aliphatic hydroxyl groups is 4. The number of nitrogens with zero attached hydrogens (tertiary/aromatic N) is 1. The van der Waals surface area contributed by atoms with Crippen LogP contribution in [0, 0.1) is 11.8 Å². The van der Waals surface area contributed by atoms with Gasteiger partial charge < -0.3 is 44.5 Å². The third-order valence-electron chi connectivity index (χ3n) is 7.96. The maximum Gasteiger partial charge on any atom is 0.254 e. The molecule has 196 valence electrons. The standard InChI is InChI=1S/C26H28N2O9/c1-2-11-13-7-17-19-14(20(30)12-5-3-4-6-16(12)27-19)8-28(17)24(34)15(13)10-35-25(11)37-26-23(33)22(32)21(31)18(9-29)36-26/h2-6,10-11,13,17-18,21-23,25-26,29,31-33H,1,7-9H2,(H,27,30)/t11-,13+,17+,18+,21+,22-,23+,25+,26-/m1/s1. The summed E-state index contributed by atoms with van der Waals surface area (Å²) in [6, 6.07) is 6.89. The molecule has 1 amide bonds. The number of aromatic nitrogens is 1. The molecule has 0 radical (unpaired) electrons. The van der Waals surface area contributed by atoms with E-state index in [0.717, 1.165) is 5.69 Å². The molecule has 9 atom stereocenters. The largest absolute Gasteiger partial charge is 0.471 e. The molecule has 0 aliphatic carbocycles. The number of fused-ring (bicyclic) bond motifs is 5. The van der Waals surface area contributed by atoms with Gasteiger partial charge >= 0.3 is 0 Å². The second kappa shape index (κ2) is 9.05. The third kappa shape index (κ3) is 3.65. The molecule has 1 aromatic carbocycles. The minimum absolute atomic E-state index is 0.0937. The Balaban J connectivity index is 1.30. The molecule has 5 heterocycles. The summed E-state index contributed by atoms with van der Waals surface area (Å²) in [6.07, 6.45) is -4.85. The van der Waals surface area contributed by atoms with Gasteiger partial charge in [0.1, 0.15) is 24.4 Å². The quantitative estimate of drug-likeness (QED) is 0.349. The number of para-hydroxylation sites is 1. The van der Waals surface area contributed by atoms with Crippen molar-refractivity contribution in [2.45, 2.75) is 56.0 Å². The number of carbonyl (C=O) groups is 1. The zero-order chi connectivity index (χ0) is 26.0. The maximum absolute atomic E-state index is 13.5. The van der Waals surface area contributed by atoms with E-state index >= 15 is 0 Å². The summed E-state index contributed by atoms with van der Waals surface area (Å²) in [5.41, 5.74) is 2.33. The van der Waals surface area contributed by atoms with Gasteiger partial charge in [0.05, 0.1) is 31.0 Å². The summed E-state index contributed by atoms with van der Waals surface area (Å²) in [6.45, 7) is 3.51. The van der Waals surface area contributed by atoms with Crippen LogP contribution in [0.15, 0.2) is 53.6 Å². The molecule has 0 spiro atoms. The van der Waals surface area contributed by atoms with E-state index in [1.54, 1.807) is 23.1 Å². The second-order valence-corrected chi connectivity index (χ2v) is 9.91. The molecule has 2 aromatic rings. The van der Waals surface area contributed by atoms with Crippen LogP contribution in [0.25, 0.3) is 10.9 Å². The number of hydrogen-bond donors (Lipinski definition) is 5. The Kier molecular flexibility index (Phi) is 5.94. The number of aromatic amines is 1. The second-order valence-electron chi connectivity index (χ2n) is 9.91. The summed E-state index contributed by atoms with van der Waals surface area (Å²) in [5, 5.41) is 40.6. The molecule has 11 nitrogen and oxygen atoms in total. The van der Waals surface area contributed by atoms with Crippen LogP contribution in [0.3, 0.4) is 0 Å². The van der Waals surface area contributed by atoms with Crippen LogP contribution in [0.5, 0.6) is 0 Å². The fourth-order valence-corrected chi connectivity index (χ4v) is 5.96. The van der Waals surface area contributed by atoms with Gasteiger partial charge in [-0.15, -0.1) is 6.58 Å². The fourth-order valence-electron chi connectivity index (χ4n) is 5.96. The van der Waals surface area contributed by atoms with E-state index in [0.29, 0.717) is 28.5 Å². The third-order valence-corrected chi connectivity index (χ3v) is 7.96. The first-order valence-corrected chi connectivity index (χ1v) is 12.2. The van der Waals surface area contributed by atoms with E-state index in [4.69, 9.17) is 14.2 Å². The molecule has 2 saturated heterocycles. The highest BCUT2D eigenvalue weighted by Crippen LogP contribution is 2.48. The number of amides is 1. The Morgan fingerprint density at radius 3 is 2.68 bits per heavy atom. The lowest BCUT2D eigenvalue weighted by atomic mass is 9.76. The zero-order valence-corrected chi connectivity index (χ0v) is 19.8. The van der Waals surface area contributed by atoms with E-state index in [1.165, 1.54) is 6.26 Å². The number of carbonyl (C=O) groups excluding carboxylic acids is 1. The highest BCUT2D eigenvalue weighted by Gasteiger charge is 2.51. The first-order valence-electron chi connectivity index (χ1n) is 12.2. The first kappa shape index (κ1) is 24.3. The van der Waals surface area contributed by atoms with Crippen LogP contribution < -0.4 is 5.43 Å². The summed E-state index contributed by atoms with van der Waals surface area (Å²) >= 11 is 0. The average Bonchev–Trinajstić information content (AvgIpc) is 3.28. The molecule has 5 N–H and O–H groups in total. The van der Waals surface area contributed by atoms with Crippen molar-refractivity contribution in [3.63, 3.8) is 0 Å². The van der Waals surface area contributed by atoms with E-state index in [2.05, 4.69) is 11.6 Å². The fraction of sp³-hybridized carbons (Fsp3) is 0.462. The first-order chi connectivity index (χ1) is 17.8. The van der Waals surface area contributed by atoms with E-state index in [9.17, 15) is 30.0 Å². The minimum atomic E-state index is -1.60. The molecule has 0 unspecified atom stereocenters. The van der Waals surface area contributed by atoms with Crippen molar-refractivity contribution in [3.05, 3.63) is 70.2 Å². The minimum Gasteiger partial charge on any atom is -0.471 e. The highest BCUT2D eigenvalue weighted by atomic mass is 16.8. The number of benzene rings is 1. The van der Waals surface area contributed by atoms with Gasteiger partial charge in [-0.1, -0.05) is 18.2 Å². The average molecular weight is 513 g/mol. The molecule has 4 aliphatic heterocycles. The molecule has 4 aliphatic rings. The number of piperidine rings is 1. The number of ether oxygens (including phenoxy) is 3. The Morgan fingerprint density at radius 1 is 1.14 bits per heavy atom. The van der Waals surface area contributed by atoms with Gasteiger partial charge in [-0.25, -0.2) is 0 Å². The van der Waals surface area contributed by atoms with Crippen LogP contribution in [0.4, 0.5) is 0 Å². The monoisotopic (exact) mass is 512 g/mol. The summed E-state index contributed by atoms with van der Waals surface area (Å²) < 4.78 is 17.1. The highest BCUT2D eigenvalue weighted by molar-refractivity contribution is 5.96. The van der Waals surface area contributed by atoms with Crippen molar-refractivity contribution in [2.24, 2.45) is 11.8 Å². The van der Waals surface area contributed by atoms with Crippen LogP contribution >= 0.6 is 0 Å². The molecule has 0 saturated carbocycles. The Morgan fingerprint density at radius 2 is 1.92 bits per heavy atom. The van der Waals surface area contributed by atoms with Gasteiger partial charge in [-0.3, -0.25) is 9.59 Å². The number of hydrogen-bond acceptors (Lipinski definition) is 9. The summed E-state index contributed by atoms with van der Waals surface area (Å²) in [7, 11) is 0. The molecule has 0 bridgehead atoms. The number of pyridine rings is 1. The SMILES string of the molecule is C=C[C@H]1[C@H](O[C@H]2O[C@@H](CO)[C@H](O)[C@@H](O)[C@@H]2O)OC=C2C(=O)N3Cc4c([nH]c5ccccc5c4=O)[C@@H]3C[C@H]21. The van der Waals surface area contributed by atoms with Crippen molar-refractivity contribution in [2.75, 3.05) is 6.61 Å². The van der Waals surface area contributed by atoms with E-state index in [-0.39, 0.29) is 29.8 Å². The van der Waals surface area contributed by atoms with Gasteiger partial charge in [-0.05, 0) is 18.6 Å². The normalized spacial score (nSPS) is 36.9. The van der Waals surface area contributed by atoms with Crippen molar-refractivity contribution >= 4 is 16.8 Å². The van der Waals surface area contributed by atoms with E-state index < -0.39 is 49.5 Å². The van der Waals surface area contributed by atoms with Crippen LogP contribution in [-0.2, 0) is 25.5 Å². The Hall–Kier alpha value is -3.06. The van der Waals surface area contributed by atoms with Crippen molar-refractivity contribution in [1.82, 2.24) is 9.88 Å². The number of H-pyrrole nitrogens is 1. The Labute approximate surface area is 211 Å². The van der Waals surface area contributed by atoms with Gasteiger partial charge in [0, 0.05) is 34.0 Å². The van der Waals surface area contributed by atoms with Crippen molar-refractivity contribution in [3.8, 4) is 0 Å². The van der Waals surface area contributed by atoms with Gasteiger partial charge in [0.2, 0.25) is 6.29 Å². The Bertz CT molecular complexity index is 1340. The molecule has 6 rings (SSSR count). The predicted molar refractivity (Wildman–Crippen MR) is 127 cm³/mol. The molecule has 37 heavy (non-hydrogen) atoms. The number of aliphatic hydroxyl groups excluding tert-OH is 4. The molecule has 1 aromatic heterocycles. The predicted octanol–water partition coefficient (Wildman–Crippen LogP) is -0.210. The van der Waals surface area contributed by atoms with Gasteiger partial charge in [0.15, 0.2) is 11.7 Å². The smallest absolute Gasteiger partial charge is 0.254 e. The van der Waals surface area contributed by atoms with Crippen molar-refractivity contribution < 1.29 is 39.4 Å². The topological polar surface area (TPSA) is 162 Å². The lowest BCUT2D eigenvalue weighted by Crippen LogP contribution is -2.60. The van der Waals surface area contributed by atoms with Crippen LogP contribution in [0.2, 0.25) is 0 Å². The number of nitrogens with one attached hydrogen (secondary N) is 1. The lowest BCUT2D eigenvalue weighted by molar-refractivity contribution is -0.339. The zero-order valence-electron chi connectivity index (χ0n) is 19.8. The number of rotatable bonds is 4. The van der Waals surface area contributed by atoms with Crippen LogP contribution in [0.1, 0.15) is 23.7 Å². The molecular formula is C26H28N2O9.